The molecule has 0 atom stereocenters. The molecule has 1 heterocycles. The molecule has 0 radical (unpaired) electrons. The van der Waals surface area contributed by atoms with Crippen molar-refractivity contribution in [2.45, 2.75) is 27.1 Å². The number of carbonyl (C=O) groups excluding carboxylic acids is 2. The van der Waals surface area contributed by atoms with Crippen molar-refractivity contribution in [2.75, 3.05) is 26.4 Å². The fraction of sp³-hybridized carbons (Fsp3) is 0.312. The van der Waals surface area contributed by atoms with Crippen molar-refractivity contribution < 1.29 is 39.5 Å². The zero-order valence-electron chi connectivity index (χ0n) is 22.8. The predicted molar refractivity (Wildman–Crippen MR) is 153 cm³/mol. The van der Waals surface area contributed by atoms with Gasteiger partial charge in [-0.25, -0.2) is 0 Å². The Kier molecular flexibility index (Phi) is 11.2. The van der Waals surface area contributed by atoms with Crippen LogP contribution in [0.3, 0.4) is 0 Å². The first kappa shape index (κ1) is 31.6. The standard InChI is InChI=1S/C32H32O8S/c1-31(19-33,20-34)29(37)39-17-25-7-3-23(4-8-25)11-13-27-15-16-28(41-27)14-12-24-5-9-26(10-6-24)18-40-30(38)32(2,21-35)22-36/h3-10,15-16,33-36H,17-22H2,1-2H3. The van der Waals surface area contributed by atoms with Crippen LogP contribution in [-0.4, -0.2) is 58.8 Å². The summed E-state index contributed by atoms with van der Waals surface area (Å²) in [5, 5.41) is 37.2. The zero-order chi connectivity index (χ0) is 29.9. The Labute approximate surface area is 243 Å². The molecule has 3 rings (SSSR count). The van der Waals surface area contributed by atoms with Gasteiger partial charge in [-0.05, 0) is 61.4 Å². The molecule has 0 saturated heterocycles. The molecule has 2 aromatic carbocycles. The Bertz CT molecular complexity index is 1330. The summed E-state index contributed by atoms with van der Waals surface area (Å²) in [6.45, 7) is 0.931. The maximum absolute atomic E-state index is 12.1. The van der Waals surface area contributed by atoms with Gasteiger partial charge in [0.1, 0.15) is 24.0 Å². The highest BCUT2D eigenvalue weighted by molar-refractivity contribution is 7.13. The van der Waals surface area contributed by atoms with Gasteiger partial charge in [-0.3, -0.25) is 9.59 Å². The summed E-state index contributed by atoms with van der Waals surface area (Å²) >= 11 is 1.47. The summed E-state index contributed by atoms with van der Waals surface area (Å²) < 4.78 is 10.4. The number of aliphatic hydroxyl groups excluding tert-OH is 4. The number of rotatable bonds is 10. The predicted octanol–water partition coefficient (Wildman–Crippen LogP) is 2.62. The molecule has 0 saturated carbocycles. The quantitative estimate of drug-likeness (QED) is 0.214. The van der Waals surface area contributed by atoms with E-state index in [1.807, 2.05) is 36.4 Å². The molecule has 0 fully saturated rings. The number of benzene rings is 2. The molecule has 214 valence electrons. The first-order valence-corrected chi connectivity index (χ1v) is 13.6. The summed E-state index contributed by atoms with van der Waals surface area (Å²) in [7, 11) is 0. The molecule has 0 aliphatic carbocycles. The lowest BCUT2D eigenvalue weighted by Gasteiger charge is -2.22. The SMILES string of the molecule is CC(CO)(CO)C(=O)OCc1ccc(C#Cc2ccc(C#Cc3ccc(COC(=O)C(C)(CO)CO)cc3)s2)cc1. The molecule has 1 aromatic heterocycles. The normalized spacial score (nSPS) is 11.1. The highest BCUT2D eigenvalue weighted by Gasteiger charge is 2.34. The summed E-state index contributed by atoms with van der Waals surface area (Å²) in [4.78, 5) is 25.8. The van der Waals surface area contributed by atoms with Gasteiger partial charge in [0.05, 0.1) is 36.2 Å². The van der Waals surface area contributed by atoms with Gasteiger partial charge < -0.3 is 29.9 Å². The lowest BCUT2D eigenvalue weighted by molar-refractivity contribution is -0.162. The van der Waals surface area contributed by atoms with Gasteiger partial charge in [0.2, 0.25) is 0 Å². The van der Waals surface area contributed by atoms with Gasteiger partial charge in [-0.1, -0.05) is 47.9 Å². The molecular formula is C32H32O8S. The van der Waals surface area contributed by atoms with E-state index in [1.54, 1.807) is 24.3 Å². The number of esters is 2. The third-order valence-electron chi connectivity index (χ3n) is 6.30. The number of aliphatic hydroxyl groups is 4. The molecule has 9 heteroatoms. The summed E-state index contributed by atoms with van der Waals surface area (Å²) in [6.07, 6.45) is 0. The van der Waals surface area contributed by atoms with Gasteiger partial charge in [0.25, 0.3) is 0 Å². The average Bonchev–Trinajstić information content (AvgIpc) is 3.48. The summed E-state index contributed by atoms with van der Waals surface area (Å²) in [6, 6.07) is 18.3. The molecule has 0 aliphatic rings. The van der Waals surface area contributed by atoms with E-state index < -0.39 is 49.2 Å². The third kappa shape index (κ3) is 8.76. The molecule has 0 aliphatic heterocycles. The molecule has 0 spiro atoms. The van der Waals surface area contributed by atoms with Crippen molar-refractivity contribution in [1.82, 2.24) is 0 Å². The fourth-order valence-corrected chi connectivity index (χ4v) is 3.83. The van der Waals surface area contributed by atoms with Crippen LogP contribution in [0, 0.1) is 34.5 Å². The number of ether oxygens (including phenoxy) is 2. The first-order valence-electron chi connectivity index (χ1n) is 12.7. The minimum atomic E-state index is -1.33. The zero-order valence-corrected chi connectivity index (χ0v) is 23.7. The van der Waals surface area contributed by atoms with Crippen LogP contribution in [-0.2, 0) is 32.3 Å². The molecule has 41 heavy (non-hydrogen) atoms. The van der Waals surface area contributed by atoms with Gasteiger partial charge in [0.15, 0.2) is 0 Å². The van der Waals surface area contributed by atoms with E-state index in [-0.39, 0.29) is 13.2 Å². The molecule has 0 bridgehead atoms. The van der Waals surface area contributed by atoms with E-state index in [9.17, 15) is 30.0 Å². The van der Waals surface area contributed by atoms with Crippen molar-refractivity contribution in [2.24, 2.45) is 10.8 Å². The number of hydrogen-bond acceptors (Lipinski definition) is 9. The Balaban J connectivity index is 1.53. The van der Waals surface area contributed by atoms with Gasteiger partial charge in [-0.2, -0.15) is 0 Å². The van der Waals surface area contributed by atoms with Gasteiger partial charge in [-0.15, -0.1) is 11.3 Å². The number of carbonyl (C=O) groups is 2. The molecule has 8 nitrogen and oxygen atoms in total. The van der Waals surface area contributed by atoms with Gasteiger partial charge >= 0.3 is 11.9 Å². The van der Waals surface area contributed by atoms with Crippen LogP contribution in [0.2, 0.25) is 0 Å². The molecule has 0 amide bonds. The molecule has 0 unspecified atom stereocenters. The lowest BCUT2D eigenvalue weighted by atomic mass is 9.93. The van der Waals surface area contributed by atoms with Gasteiger partial charge in [0, 0.05) is 11.1 Å². The second kappa shape index (κ2) is 14.6. The minimum Gasteiger partial charge on any atom is -0.460 e. The highest BCUT2D eigenvalue weighted by Crippen LogP contribution is 2.19. The number of hydrogen-bond donors (Lipinski definition) is 4. The second-order valence-electron chi connectivity index (χ2n) is 9.96. The van der Waals surface area contributed by atoms with E-state index in [2.05, 4.69) is 23.7 Å². The van der Waals surface area contributed by atoms with Crippen LogP contribution in [0.4, 0.5) is 0 Å². The first-order chi connectivity index (χ1) is 19.6. The Morgan fingerprint density at radius 2 is 0.951 bits per heavy atom. The average molecular weight is 577 g/mol. The second-order valence-corrected chi connectivity index (χ2v) is 11.0. The van der Waals surface area contributed by atoms with Crippen LogP contribution in [0.5, 0.6) is 0 Å². The monoisotopic (exact) mass is 576 g/mol. The van der Waals surface area contributed by atoms with Crippen LogP contribution >= 0.6 is 11.3 Å². The number of thiophene rings is 1. The Hall–Kier alpha value is -3.96. The lowest BCUT2D eigenvalue weighted by Crippen LogP contribution is -2.36. The maximum Gasteiger partial charge on any atom is 0.316 e. The van der Waals surface area contributed by atoms with E-state index >= 15 is 0 Å². The molecule has 3 aromatic rings. The highest BCUT2D eigenvalue weighted by atomic mass is 32.1. The van der Waals surface area contributed by atoms with E-state index in [0.717, 1.165) is 32.0 Å². The van der Waals surface area contributed by atoms with Crippen LogP contribution < -0.4 is 0 Å². The van der Waals surface area contributed by atoms with Crippen molar-refractivity contribution in [1.29, 1.82) is 0 Å². The largest absolute Gasteiger partial charge is 0.460 e. The van der Waals surface area contributed by atoms with Crippen LogP contribution in [0.15, 0.2) is 60.7 Å². The maximum atomic E-state index is 12.1. The van der Waals surface area contributed by atoms with E-state index in [1.165, 1.54) is 25.2 Å². The fourth-order valence-electron chi connectivity index (χ4n) is 3.11. The van der Waals surface area contributed by atoms with E-state index in [4.69, 9.17) is 9.47 Å². The van der Waals surface area contributed by atoms with Crippen molar-refractivity contribution in [3.05, 3.63) is 92.7 Å². The summed E-state index contributed by atoms with van der Waals surface area (Å²) in [5.74, 6) is 11.1. The Morgan fingerprint density at radius 3 is 1.27 bits per heavy atom. The van der Waals surface area contributed by atoms with Crippen LogP contribution in [0.25, 0.3) is 0 Å². The topological polar surface area (TPSA) is 134 Å². The van der Waals surface area contributed by atoms with Crippen molar-refractivity contribution in [3.8, 4) is 23.7 Å². The Morgan fingerprint density at radius 1 is 0.610 bits per heavy atom. The molecular weight excluding hydrogens is 544 g/mol. The van der Waals surface area contributed by atoms with Crippen LogP contribution in [0.1, 0.15) is 45.9 Å². The van der Waals surface area contributed by atoms with Crippen molar-refractivity contribution >= 4 is 23.3 Å². The minimum absolute atomic E-state index is 0.0278. The molecule has 4 N–H and O–H groups in total. The third-order valence-corrected chi connectivity index (χ3v) is 7.21. The van der Waals surface area contributed by atoms with E-state index in [0.29, 0.717) is 0 Å². The van der Waals surface area contributed by atoms with Crippen molar-refractivity contribution in [3.63, 3.8) is 0 Å². The smallest absolute Gasteiger partial charge is 0.316 e. The summed E-state index contributed by atoms with van der Waals surface area (Å²) in [5.41, 5.74) is 0.446.